The second-order valence-corrected chi connectivity index (χ2v) is 6.35. The van der Waals surface area contributed by atoms with E-state index >= 15 is 0 Å². The minimum atomic E-state index is 0.0864. The van der Waals surface area contributed by atoms with E-state index in [2.05, 4.69) is 9.88 Å². The lowest BCUT2D eigenvalue weighted by Gasteiger charge is -2.41. The van der Waals surface area contributed by atoms with Crippen LogP contribution in [0.25, 0.3) is 0 Å². The van der Waals surface area contributed by atoms with Crippen LogP contribution in [-0.2, 0) is 16.0 Å². The third-order valence-electron chi connectivity index (χ3n) is 4.71. The van der Waals surface area contributed by atoms with Crippen LogP contribution in [0.1, 0.15) is 18.5 Å². The Morgan fingerprint density at radius 1 is 1.22 bits per heavy atom. The summed E-state index contributed by atoms with van der Waals surface area (Å²) in [6.45, 7) is 4.92. The lowest BCUT2D eigenvalue weighted by atomic mass is 10.1. The van der Waals surface area contributed by atoms with Gasteiger partial charge in [-0.1, -0.05) is 6.07 Å². The van der Waals surface area contributed by atoms with E-state index < -0.39 is 0 Å². The number of likely N-dealkylation sites (tertiary alicyclic amines) is 1. The summed E-state index contributed by atoms with van der Waals surface area (Å²) in [5.74, 6) is 0.110. The Kier molecular flexibility index (Phi) is 5.23. The van der Waals surface area contributed by atoms with E-state index in [4.69, 9.17) is 0 Å². The van der Waals surface area contributed by atoms with Gasteiger partial charge in [-0.3, -0.25) is 14.6 Å². The van der Waals surface area contributed by atoms with Gasteiger partial charge in [0.2, 0.25) is 12.3 Å². The molecule has 0 spiro atoms. The number of carbonyl (C=O) groups excluding carboxylic acids is 2. The summed E-state index contributed by atoms with van der Waals surface area (Å²) in [7, 11) is 0. The highest BCUT2D eigenvalue weighted by molar-refractivity contribution is 5.79. The quantitative estimate of drug-likeness (QED) is 0.738. The largest absolute Gasteiger partial charge is 0.341 e. The summed E-state index contributed by atoms with van der Waals surface area (Å²) in [4.78, 5) is 34.2. The van der Waals surface area contributed by atoms with Gasteiger partial charge in [0.25, 0.3) is 0 Å². The van der Waals surface area contributed by atoms with Crippen molar-refractivity contribution in [2.75, 3.05) is 39.3 Å². The van der Waals surface area contributed by atoms with Crippen molar-refractivity contribution >= 4 is 12.3 Å². The molecule has 2 aliphatic heterocycles. The molecule has 0 radical (unpaired) electrons. The van der Waals surface area contributed by atoms with Crippen LogP contribution in [0, 0.1) is 0 Å². The highest BCUT2D eigenvalue weighted by Crippen LogP contribution is 2.15. The van der Waals surface area contributed by atoms with Crippen molar-refractivity contribution in [1.29, 1.82) is 0 Å². The summed E-state index contributed by atoms with van der Waals surface area (Å²) >= 11 is 0. The van der Waals surface area contributed by atoms with Crippen LogP contribution in [0.15, 0.2) is 24.4 Å². The molecule has 23 heavy (non-hydrogen) atoms. The van der Waals surface area contributed by atoms with Crippen LogP contribution in [0.2, 0.25) is 0 Å². The van der Waals surface area contributed by atoms with Gasteiger partial charge in [-0.25, -0.2) is 0 Å². The summed E-state index contributed by atoms with van der Waals surface area (Å²) in [5.41, 5.74) is 0.801. The van der Waals surface area contributed by atoms with E-state index in [1.807, 2.05) is 23.1 Å². The lowest BCUT2D eigenvalue weighted by Crippen LogP contribution is -2.58. The first-order valence-corrected chi connectivity index (χ1v) is 8.37. The Hall–Kier alpha value is -1.95. The molecule has 1 atom stereocenters. The van der Waals surface area contributed by atoms with Gasteiger partial charge < -0.3 is 14.7 Å². The highest BCUT2D eigenvalue weighted by atomic mass is 16.2. The van der Waals surface area contributed by atoms with Gasteiger partial charge in [-0.05, 0) is 38.1 Å². The van der Waals surface area contributed by atoms with Crippen molar-refractivity contribution < 1.29 is 9.59 Å². The van der Waals surface area contributed by atoms with Gasteiger partial charge in [-0.2, -0.15) is 0 Å². The van der Waals surface area contributed by atoms with Crippen LogP contribution in [0.5, 0.6) is 0 Å². The van der Waals surface area contributed by atoms with E-state index in [1.54, 1.807) is 11.1 Å². The Balaban J connectivity index is 1.66. The molecule has 1 aromatic rings. The molecule has 6 nitrogen and oxygen atoms in total. The molecule has 0 bridgehead atoms. The maximum Gasteiger partial charge on any atom is 0.229 e. The van der Waals surface area contributed by atoms with Gasteiger partial charge in [0.05, 0.1) is 12.5 Å². The van der Waals surface area contributed by atoms with E-state index in [9.17, 15) is 9.59 Å². The summed E-state index contributed by atoms with van der Waals surface area (Å²) < 4.78 is 0. The fraction of sp³-hybridized carbons (Fsp3) is 0.588. The average molecular weight is 316 g/mol. The number of carbonyl (C=O) groups is 2. The van der Waals surface area contributed by atoms with E-state index in [0.29, 0.717) is 26.1 Å². The van der Waals surface area contributed by atoms with Crippen molar-refractivity contribution in [2.45, 2.75) is 25.3 Å². The number of pyridine rings is 1. The predicted molar refractivity (Wildman–Crippen MR) is 86.8 cm³/mol. The molecule has 3 heterocycles. The van der Waals surface area contributed by atoms with E-state index in [-0.39, 0.29) is 11.9 Å². The molecule has 0 aromatic carbocycles. The van der Waals surface area contributed by atoms with Crippen molar-refractivity contribution in [1.82, 2.24) is 19.7 Å². The standard InChI is InChI=1S/C17H24N4O2/c22-14-20-9-10-21(16(13-20)12-19-7-3-4-8-19)17(23)11-15-5-1-2-6-18-15/h1-2,5-6,14,16H,3-4,7-13H2/t16-/m1/s1. The third kappa shape index (κ3) is 4.07. The Morgan fingerprint density at radius 2 is 2.04 bits per heavy atom. The molecule has 2 aliphatic rings. The van der Waals surface area contributed by atoms with Gasteiger partial charge in [0, 0.05) is 38.1 Å². The van der Waals surface area contributed by atoms with Crippen molar-refractivity contribution in [2.24, 2.45) is 0 Å². The molecule has 0 aliphatic carbocycles. The van der Waals surface area contributed by atoms with Crippen LogP contribution >= 0.6 is 0 Å². The van der Waals surface area contributed by atoms with Crippen molar-refractivity contribution in [3.05, 3.63) is 30.1 Å². The predicted octanol–water partition coefficient (Wildman–Crippen LogP) is 0.389. The van der Waals surface area contributed by atoms with Gasteiger partial charge in [-0.15, -0.1) is 0 Å². The molecule has 6 heteroatoms. The highest BCUT2D eigenvalue weighted by Gasteiger charge is 2.31. The molecular weight excluding hydrogens is 292 g/mol. The molecule has 0 N–H and O–H groups in total. The third-order valence-corrected chi connectivity index (χ3v) is 4.71. The molecule has 2 fully saturated rings. The number of nitrogens with zero attached hydrogens (tertiary/aromatic N) is 4. The Bertz CT molecular complexity index is 531. The number of aromatic nitrogens is 1. The average Bonchev–Trinajstić information content (AvgIpc) is 3.08. The number of piperazine rings is 1. The molecule has 124 valence electrons. The SMILES string of the molecule is O=CN1CCN(C(=O)Cc2ccccn2)[C@H](CN2CCCC2)C1. The zero-order valence-electron chi connectivity index (χ0n) is 13.4. The van der Waals surface area contributed by atoms with E-state index in [1.165, 1.54) is 12.8 Å². The fourth-order valence-electron chi connectivity index (χ4n) is 3.48. The Morgan fingerprint density at radius 3 is 2.74 bits per heavy atom. The molecular formula is C17H24N4O2. The lowest BCUT2D eigenvalue weighted by molar-refractivity contribution is -0.138. The Labute approximate surface area is 137 Å². The van der Waals surface area contributed by atoms with Crippen LogP contribution < -0.4 is 0 Å². The van der Waals surface area contributed by atoms with Crippen LogP contribution in [0.4, 0.5) is 0 Å². The number of rotatable bonds is 5. The first-order chi connectivity index (χ1) is 11.3. The normalized spacial score (nSPS) is 22.3. The topological polar surface area (TPSA) is 56.8 Å². The van der Waals surface area contributed by atoms with Gasteiger partial charge >= 0.3 is 0 Å². The van der Waals surface area contributed by atoms with Crippen LogP contribution in [-0.4, -0.2) is 77.3 Å². The molecule has 2 saturated heterocycles. The fourth-order valence-corrected chi connectivity index (χ4v) is 3.48. The smallest absolute Gasteiger partial charge is 0.229 e. The monoisotopic (exact) mass is 316 g/mol. The first kappa shape index (κ1) is 15.9. The molecule has 1 aromatic heterocycles. The minimum absolute atomic E-state index is 0.0864. The van der Waals surface area contributed by atoms with Gasteiger partial charge in [0.15, 0.2) is 0 Å². The second-order valence-electron chi connectivity index (χ2n) is 6.35. The number of hydrogen-bond acceptors (Lipinski definition) is 4. The number of hydrogen-bond donors (Lipinski definition) is 0. The summed E-state index contributed by atoms with van der Waals surface area (Å²) in [5, 5.41) is 0. The van der Waals surface area contributed by atoms with E-state index in [0.717, 1.165) is 31.7 Å². The number of amides is 2. The zero-order valence-corrected chi connectivity index (χ0v) is 13.4. The maximum atomic E-state index is 12.7. The van der Waals surface area contributed by atoms with Crippen molar-refractivity contribution in [3.63, 3.8) is 0 Å². The zero-order chi connectivity index (χ0) is 16.1. The first-order valence-electron chi connectivity index (χ1n) is 8.37. The molecule has 0 unspecified atom stereocenters. The van der Waals surface area contributed by atoms with Gasteiger partial charge in [0.1, 0.15) is 0 Å². The molecule has 3 rings (SSSR count). The van der Waals surface area contributed by atoms with Crippen molar-refractivity contribution in [3.8, 4) is 0 Å². The minimum Gasteiger partial charge on any atom is -0.341 e. The van der Waals surface area contributed by atoms with Crippen LogP contribution in [0.3, 0.4) is 0 Å². The summed E-state index contributed by atoms with van der Waals surface area (Å²) in [6.07, 6.45) is 5.41. The molecule has 0 saturated carbocycles. The summed E-state index contributed by atoms with van der Waals surface area (Å²) in [6, 6.07) is 5.73. The molecule has 2 amide bonds. The maximum absolute atomic E-state index is 12.7. The second kappa shape index (κ2) is 7.55.